The highest BCUT2D eigenvalue weighted by Crippen LogP contribution is 2.21. The highest BCUT2D eigenvalue weighted by Gasteiger charge is 2.34. The van der Waals surface area contributed by atoms with Crippen molar-refractivity contribution in [2.24, 2.45) is 10.9 Å². The van der Waals surface area contributed by atoms with Crippen LogP contribution in [0.3, 0.4) is 0 Å². The number of hydrogen-bond acceptors (Lipinski definition) is 6. The Balaban J connectivity index is 3.09. The Morgan fingerprint density at radius 3 is 2.72 bits per heavy atom. The zero-order chi connectivity index (χ0) is 14.0. The second-order valence-electron chi connectivity index (χ2n) is 3.97. The molecule has 4 N–H and O–H groups in total. The third-order valence-electron chi connectivity index (χ3n) is 2.60. The SMILES string of the molecule is CCC(C)(NS(=O)(=O)c1cnc(C)s1)C(N)=NO. The molecule has 0 spiro atoms. The van der Waals surface area contributed by atoms with Gasteiger partial charge < -0.3 is 10.9 Å². The molecule has 102 valence electrons. The zero-order valence-electron chi connectivity index (χ0n) is 10.3. The van der Waals surface area contributed by atoms with E-state index in [2.05, 4.69) is 14.9 Å². The predicted octanol–water partition coefficient (Wildman–Crippen LogP) is 0.645. The van der Waals surface area contributed by atoms with Crippen molar-refractivity contribution in [2.45, 2.75) is 36.9 Å². The van der Waals surface area contributed by atoms with Gasteiger partial charge in [-0.15, -0.1) is 11.3 Å². The summed E-state index contributed by atoms with van der Waals surface area (Å²) in [5.74, 6) is -0.185. The standard InChI is InChI=1S/C9H16N4O3S2/c1-4-9(3,8(10)12-14)13-18(15,16)7-5-11-6(2)17-7/h5,13-14H,4H2,1-3H3,(H2,10,12). The predicted molar refractivity (Wildman–Crippen MR) is 69.3 cm³/mol. The summed E-state index contributed by atoms with van der Waals surface area (Å²) in [4.78, 5) is 3.89. The minimum Gasteiger partial charge on any atom is -0.409 e. The Morgan fingerprint density at radius 1 is 1.72 bits per heavy atom. The molecule has 18 heavy (non-hydrogen) atoms. The Morgan fingerprint density at radius 2 is 2.33 bits per heavy atom. The van der Waals surface area contributed by atoms with Crippen LogP contribution in [0.15, 0.2) is 15.6 Å². The number of aromatic nitrogens is 1. The molecule has 0 aliphatic heterocycles. The van der Waals surface area contributed by atoms with Crippen LogP contribution in [0.1, 0.15) is 25.3 Å². The lowest BCUT2D eigenvalue weighted by Crippen LogP contribution is -2.54. The van der Waals surface area contributed by atoms with Crippen molar-refractivity contribution in [1.82, 2.24) is 9.71 Å². The molecule has 1 rings (SSSR count). The van der Waals surface area contributed by atoms with Crippen molar-refractivity contribution < 1.29 is 13.6 Å². The lowest BCUT2D eigenvalue weighted by Gasteiger charge is -2.27. The maximum Gasteiger partial charge on any atom is 0.252 e. The van der Waals surface area contributed by atoms with E-state index in [1.807, 2.05) is 0 Å². The Bertz CT molecular complexity index is 552. The van der Waals surface area contributed by atoms with Crippen molar-refractivity contribution >= 4 is 27.2 Å². The zero-order valence-corrected chi connectivity index (χ0v) is 12.0. The number of thiazole rings is 1. The second-order valence-corrected chi connectivity index (χ2v) is 7.12. The number of aryl methyl sites for hydroxylation is 1. The maximum atomic E-state index is 12.1. The lowest BCUT2D eigenvalue weighted by atomic mass is 10.00. The van der Waals surface area contributed by atoms with Crippen molar-refractivity contribution in [3.8, 4) is 0 Å². The number of nitrogens with one attached hydrogen (secondary N) is 1. The first-order valence-corrected chi connectivity index (χ1v) is 7.49. The number of hydrogen-bond donors (Lipinski definition) is 3. The number of amidine groups is 1. The number of sulfonamides is 1. The normalized spacial score (nSPS) is 16.5. The molecule has 0 fully saturated rings. The molecule has 0 aromatic carbocycles. The summed E-state index contributed by atoms with van der Waals surface area (Å²) < 4.78 is 26.7. The molecule has 0 bridgehead atoms. The number of nitrogens with two attached hydrogens (primary N) is 1. The summed E-state index contributed by atoms with van der Waals surface area (Å²) >= 11 is 1.06. The van der Waals surface area contributed by atoms with E-state index in [4.69, 9.17) is 10.9 Å². The van der Waals surface area contributed by atoms with Gasteiger partial charge in [0.15, 0.2) is 10.0 Å². The summed E-state index contributed by atoms with van der Waals surface area (Å²) in [5.41, 5.74) is 4.38. The molecular formula is C9H16N4O3S2. The van der Waals surface area contributed by atoms with Crippen LogP contribution >= 0.6 is 11.3 Å². The fraction of sp³-hybridized carbons (Fsp3) is 0.556. The number of nitrogens with zero attached hydrogens (tertiary/aromatic N) is 2. The van der Waals surface area contributed by atoms with E-state index in [1.54, 1.807) is 20.8 Å². The summed E-state index contributed by atoms with van der Waals surface area (Å²) in [5, 5.41) is 12.2. The van der Waals surface area contributed by atoms with Crippen molar-refractivity contribution in [1.29, 1.82) is 0 Å². The van der Waals surface area contributed by atoms with Gasteiger partial charge in [-0.3, -0.25) is 0 Å². The second kappa shape index (κ2) is 5.21. The molecule has 0 saturated heterocycles. The Hall–Kier alpha value is -1.19. The molecule has 9 heteroatoms. The smallest absolute Gasteiger partial charge is 0.252 e. The van der Waals surface area contributed by atoms with Crippen LogP contribution in [-0.4, -0.2) is 30.0 Å². The molecular weight excluding hydrogens is 276 g/mol. The van der Waals surface area contributed by atoms with E-state index in [9.17, 15) is 8.42 Å². The minimum absolute atomic E-state index is 0.102. The van der Waals surface area contributed by atoms with Crippen LogP contribution in [0.4, 0.5) is 0 Å². The van der Waals surface area contributed by atoms with E-state index in [-0.39, 0.29) is 10.0 Å². The molecule has 1 aromatic rings. The van der Waals surface area contributed by atoms with Gasteiger partial charge in [0.2, 0.25) is 0 Å². The van der Waals surface area contributed by atoms with Crippen LogP contribution < -0.4 is 10.5 Å². The summed E-state index contributed by atoms with van der Waals surface area (Å²) in [6.07, 6.45) is 1.63. The Kier molecular flexibility index (Phi) is 4.30. The molecule has 1 aromatic heterocycles. The molecule has 1 unspecified atom stereocenters. The van der Waals surface area contributed by atoms with Gasteiger partial charge in [0.25, 0.3) is 10.0 Å². The van der Waals surface area contributed by atoms with Gasteiger partial charge in [-0.25, -0.2) is 13.4 Å². The van der Waals surface area contributed by atoms with Crippen LogP contribution in [-0.2, 0) is 10.0 Å². The monoisotopic (exact) mass is 292 g/mol. The van der Waals surface area contributed by atoms with Gasteiger partial charge in [0, 0.05) is 0 Å². The van der Waals surface area contributed by atoms with Crippen molar-refractivity contribution in [2.75, 3.05) is 0 Å². The number of rotatable bonds is 5. The van der Waals surface area contributed by atoms with Crippen LogP contribution in [0, 0.1) is 6.92 Å². The molecule has 7 nitrogen and oxygen atoms in total. The molecule has 1 atom stereocenters. The van der Waals surface area contributed by atoms with Gasteiger partial charge in [0.1, 0.15) is 0 Å². The third kappa shape index (κ3) is 2.98. The van der Waals surface area contributed by atoms with E-state index < -0.39 is 15.6 Å². The minimum atomic E-state index is -3.73. The first kappa shape index (κ1) is 14.9. The average molecular weight is 292 g/mol. The van der Waals surface area contributed by atoms with Crippen molar-refractivity contribution in [3.05, 3.63) is 11.2 Å². The first-order chi connectivity index (χ1) is 8.25. The summed E-state index contributed by atoms with van der Waals surface area (Å²) in [6, 6.07) is 0. The van der Waals surface area contributed by atoms with E-state index >= 15 is 0 Å². The average Bonchev–Trinajstić information content (AvgIpc) is 2.74. The molecule has 1 heterocycles. The number of oxime groups is 1. The van der Waals surface area contributed by atoms with Crippen LogP contribution in [0.5, 0.6) is 0 Å². The van der Waals surface area contributed by atoms with Gasteiger partial charge in [-0.2, -0.15) is 4.72 Å². The maximum absolute atomic E-state index is 12.1. The fourth-order valence-electron chi connectivity index (χ4n) is 1.23. The first-order valence-electron chi connectivity index (χ1n) is 5.19. The topological polar surface area (TPSA) is 118 Å². The van der Waals surface area contributed by atoms with Gasteiger partial charge >= 0.3 is 0 Å². The summed E-state index contributed by atoms with van der Waals surface area (Å²) in [6.45, 7) is 5.00. The van der Waals surface area contributed by atoms with Crippen LogP contribution in [0.25, 0.3) is 0 Å². The molecule has 0 aliphatic rings. The van der Waals surface area contributed by atoms with Gasteiger partial charge in [-0.1, -0.05) is 12.1 Å². The van der Waals surface area contributed by atoms with Gasteiger partial charge in [-0.05, 0) is 20.3 Å². The highest BCUT2D eigenvalue weighted by atomic mass is 32.2. The molecule has 0 amide bonds. The van der Waals surface area contributed by atoms with Crippen molar-refractivity contribution in [3.63, 3.8) is 0 Å². The van der Waals surface area contributed by atoms with Crippen LogP contribution in [0.2, 0.25) is 0 Å². The van der Waals surface area contributed by atoms with E-state index in [0.29, 0.717) is 11.4 Å². The Labute approximate surface area is 110 Å². The van der Waals surface area contributed by atoms with E-state index in [1.165, 1.54) is 6.20 Å². The molecule has 0 aliphatic carbocycles. The largest absolute Gasteiger partial charge is 0.409 e. The van der Waals surface area contributed by atoms with Gasteiger partial charge in [0.05, 0.1) is 16.7 Å². The third-order valence-corrected chi connectivity index (χ3v) is 5.57. The summed E-state index contributed by atoms with van der Waals surface area (Å²) in [7, 11) is -3.73. The fourth-order valence-corrected chi connectivity index (χ4v) is 3.79. The molecule has 0 radical (unpaired) electrons. The molecule has 0 saturated carbocycles. The van der Waals surface area contributed by atoms with E-state index in [0.717, 1.165) is 11.3 Å². The lowest BCUT2D eigenvalue weighted by molar-refractivity contribution is 0.310. The highest BCUT2D eigenvalue weighted by molar-refractivity contribution is 7.91. The quantitative estimate of drug-likeness (QED) is 0.319.